The van der Waals surface area contributed by atoms with E-state index >= 15 is 0 Å². The summed E-state index contributed by atoms with van der Waals surface area (Å²) >= 11 is 0. The van der Waals surface area contributed by atoms with Crippen molar-refractivity contribution in [3.63, 3.8) is 0 Å². The van der Waals surface area contributed by atoms with Crippen LogP contribution in [-0.4, -0.2) is 11.8 Å². The molecular weight excluding hydrogens is 292 g/mol. The Balaban J connectivity index is 1.57. The molecule has 0 bridgehead atoms. The van der Waals surface area contributed by atoms with Gasteiger partial charge in [-0.05, 0) is 55.7 Å². The van der Waals surface area contributed by atoms with E-state index in [0.29, 0.717) is 5.69 Å². The number of benzene rings is 1. The zero-order valence-electron chi connectivity index (χ0n) is 12.6. The lowest BCUT2D eigenvalue weighted by Crippen LogP contribution is -2.23. The van der Waals surface area contributed by atoms with Crippen LogP contribution < -0.4 is 10.6 Å². The Hall–Kier alpha value is -2.82. The van der Waals surface area contributed by atoms with Crippen molar-refractivity contribution in [3.8, 4) is 0 Å². The molecule has 3 rings (SSSR count). The second-order valence-corrected chi connectivity index (χ2v) is 5.48. The number of amides is 2. The summed E-state index contributed by atoms with van der Waals surface area (Å²) in [6.45, 7) is 0. The van der Waals surface area contributed by atoms with Gasteiger partial charge >= 0.3 is 0 Å². The Morgan fingerprint density at radius 1 is 1.00 bits per heavy atom. The fourth-order valence-corrected chi connectivity index (χ4v) is 2.51. The summed E-state index contributed by atoms with van der Waals surface area (Å²) in [5.41, 5.74) is 1.37. The highest BCUT2D eigenvalue weighted by molar-refractivity contribution is 6.02. The quantitative estimate of drug-likeness (QED) is 0.843. The lowest BCUT2D eigenvalue weighted by atomic mass is 9.93. The monoisotopic (exact) mass is 310 g/mol. The van der Waals surface area contributed by atoms with E-state index in [4.69, 9.17) is 4.42 Å². The number of anilines is 2. The van der Waals surface area contributed by atoms with Gasteiger partial charge in [0.25, 0.3) is 5.91 Å². The van der Waals surface area contributed by atoms with Gasteiger partial charge in [-0.25, -0.2) is 0 Å². The number of furan rings is 1. The van der Waals surface area contributed by atoms with Gasteiger partial charge in [-0.1, -0.05) is 12.2 Å². The Morgan fingerprint density at radius 2 is 1.74 bits per heavy atom. The van der Waals surface area contributed by atoms with Crippen molar-refractivity contribution in [1.82, 2.24) is 0 Å². The van der Waals surface area contributed by atoms with Crippen LogP contribution in [-0.2, 0) is 4.79 Å². The standard InChI is InChI=1S/C18H18N2O3/c21-17(13-5-2-1-3-6-13)19-14-8-10-15(11-9-14)20-18(22)16-7-4-12-23-16/h1-2,4,7-13H,3,5-6H2,(H,19,21)(H,20,22). The van der Waals surface area contributed by atoms with Crippen LogP contribution in [0.25, 0.3) is 0 Å². The van der Waals surface area contributed by atoms with Gasteiger partial charge in [0.15, 0.2) is 5.76 Å². The molecule has 23 heavy (non-hydrogen) atoms. The summed E-state index contributed by atoms with van der Waals surface area (Å²) in [6, 6.07) is 10.3. The minimum absolute atomic E-state index is 0.0401. The number of rotatable bonds is 4. The van der Waals surface area contributed by atoms with Crippen LogP contribution in [0.3, 0.4) is 0 Å². The molecule has 1 heterocycles. The molecule has 1 aliphatic rings. The Kier molecular flexibility index (Phi) is 4.57. The van der Waals surface area contributed by atoms with Crippen LogP contribution in [0.5, 0.6) is 0 Å². The van der Waals surface area contributed by atoms with Gasteiger partial charge in [-0.3, -0.25) is 9.59 Å². The number of carbonyl (C=O) groups excluding carboxylic acids is 2. The van der Waals surface area contributed by atoms with Crippen molar-refractivity contribution in [2.75, 3.05) is 10.6 Å². The van der Waals surface area contributed by atoms with Crippen molar-refractivity contribution in [1.29, 1.82) is 0 Å². The van der Waals surface area contributed by atoms with E-state index < -0.39 is 0 Å². The van der Waals surface area contributed by atoms with E-state index in [1.165, 1.54) is 6.26 Å². The second kappa shape index (κ2) is 6.96. The van der Waals surface area contributed by atoms with Crippen molar-refractivity contribution >= 4 is 23.2 Å². The van der Waals surface area contributed by atoms with E-state index in [2.05, 4.69) is 22.8 Å². The van der Waals surface area contributed by atoms with E-state index in [-0.39, 0.29) is 23.5 Å². The molecule has 2 amide bonds. The van der Waals surface area contributed by atoms with E-state index in [0.717, 1.165) is 24.9 Å². The molecular formula is C18H18N2O3. The van der Waals surface area contributed by atoms with Gasteiger partial charge in [-0.15, -0.1) is 0 Å². The third kappa shape index (κ3) is 3.88. The SMILES string of the molecule is O=C(Nc1ccc(NC(=O)C2CC=CCC2)cc1)c1ccco1. The molecule has 0 aliphatic heterocycles. The van der Waals surface area contributed by atoms with E-state index in [9.17, 15) is 9.59 Å². The smallest absolute Gasteiger partial charge is 0.291 e. The van der Waals surface area contributed by atoms with Gasteiger partial charge in [0.2, 0.25) is 5.91 Å². The molecule has 1 aromatic carbocycles. The average molecular weight is 310 g/mol. The molecule has 2 N–H and O–H groups in total. The summed E-state index contributed by atoms with van der Waals surface area (Å²) in [5, 5.41) is 5.65. The summed E-state index contributed by atoms with van der Waals surface area (Å²) in [7, 11) is 0. The van der Waals surface area contributed by atoms with Gasteiger partial charge in [-0.2, -0.15) is 0 Å². The fourth-order valence-electron chi connectivity index (χ4n) is 2.51. The first-order chi connectivity index (χ1) is 11.2. The molecule has 1 atom stereocenters. The zero-order valence-corrected chi connectivity index (χ0v) is 12.6. The molecule has 1 aromatic heterocycles. The molecule has 1 unspecified atom stereocenters. The van der Waals surface area contributed by atoms with Crippen molar-refractivity contribution in [2.24, 2.45) is 5.92 Å². The highest BCUT2D eigenvalue weighted by Crippen LogP contribution is 2.21. The number of hydrogen-bond acceptors (Lipinski definition) is 3. The van der Waals surface area contributed by atoms with Crippen molar-refractivity contribution < 1.29 is 14.0 Å². The maximum Gasteiger partial charge on any atom is 0.291 e. The molecule has 0 radical (unpaired) electrons. The van der Waals surface area contributed by atoms with Crippen LogP contribution in [0.1, 0.15) is 29.8 Å². The predicted octanol–water partition coefficient (Wildman–Crippen LogP) is 3.83. The molecule has 0 saturated heterocycles. The molecule has 1 aliphatic carbocycles. The summed E-state index contributed by atoms with van der Waals surface area (Å²) in [6.07, 6.45) is 8.26. The minimum Gasteiger partial charge on any atom is -0.459 e. The van der Waals surface area contributed by atoms with Gasteiger partial charge in [0.1, 0.15) is 0 Å². The highest BCUT2D eigenvalue weighted by Gasteiger charge is 2.18. The first-order valence-corrected chi connectivity index (χ1v) is 7.63. The van der Waals surface area contributed by atoms with Gasteiger partial charge in [0.05, 0.1) is 6.26 Å². The molecule has 5 nitrogen and oxygen atoms in total. The fraction of sp³-hybridized carbons (Fsp3) is 0.222. The molecule has 0 spiro atoms. The van der Waals surface area contributed by atoms with Gasteiger partial charge < -0.3 is 15.1 Å². The van der Waals surface area contributed by atoms with E-state index in [1.54, 1.807) is 36.4 Å². The summed E-state index contributed by atoms with van der Waals surface area (Å²) < 4.78 is 5.04. The topological polar surface area (TPSA) is 71.3 Å². The lowest BCUT2D eigenvalue weighted by molar-refractivity contribution is -0.120. The first-order valence-electron chi connectivity index (χ1n) is 7.63. The predicted molar refractivity (Wildman–Crippen MR) is 88.2 cm³/mol. The van der Waals surface area contributed by atoms with Crippen LogP contribution in [0.15, 0.2) is 59.2 Å². The molecule has 0 saturated carbocycles. The molecule has 2 aromatic rings. The highest BCUT2D eigenvalue weighted by atomic mass is 16.3. The summed E-state index contributed by atoms with van der Waals surface area (Å²) in [5.74, 6) is 0.0357. The third-order valence-corrected chi connectivity index (χ3v) is 3.80. The molecule has 0 fully saturated rings. The number of hydrogen-bond donors (Lipinski definition) is 2. The van der Waals surface area contributed by atoms with Crippen molar-refractivity contribution in [2.45, 2.75) is 19.3 Å². The van der Waals surface area contributed by atoms with Crippen molar-refractivity contribution in [3.05, 3.63) is 60.6 Å². The number of nitrogens with one attached hydrogen (secondary N) is 2. The first kappa shape index (κ1) is 15.1. The Bertz CT molecular complexity index is 702. The molecule has 118 valence electrons. The van der Waals surface area contributed by atoms with E-state index in [1.807, 2.05) is 0 Å². The third-order valence-electron chi connectivity index (χ3n) is 3.80. The molecule has 5 heteroatoms. The Morgan fingerprint density at radius 3 is 2.35 bits per heavy atom. The summed E-state index contributed by atoms with van der Waals surface area (Å²) in [4.78, 5) is 24.0. The minimum atomic E-state index is -0.305. The average Bonchev–Trinajstić information content (AvgIpc) is 3.12. The Labute approximate surface area is 134 Å². The van der Waals surface area contributed by atoms with Gasteiger partial charge in [0, 0.05) is 17.3 Å². The lowest BCUT2D eigenvalue weighted by Gasteiger charge is -2.17. The number of carbonyl (C=O) groups is 2. The maximum atomic E-state index is 12.2. The van der Waals surface area contributed by atoms with Crippen LogP contribution in [0.4, 0.5) is 11.4 Å². The maximum absolute atomic E-state index is 12.2. The normalized spacial score (nSPS) is 16.8. The second-order valence-electron chi connectivity index (χ2n) is 5.48. The van der Waals surface area contributed by atoms with Crippen LogP contribution in [0, 0.1) is 5.92 Å². The van der Waals surface area contributed by atoms with Crippen LogP contribution >= 0.6 is 0 Å². The zero-order chi connectivity index (χ0) is 16.1. The van der Waals surface area contributed by atoms with Crippen LogP contribution in [0.2, 0.25) is 0 Å². The number of allylic oxidation sites excluding steroid dienone is 2. The largest absolute Gasteiger partial charge is 0.459 e.